The van der Waals surface area contributed by atoms with Crippen LogP contribution in [0, 0.1) is 17.8 Å². The van der Waals surface area contributed by atoms with E-state index in [1.165, 1.54) is 4.90 Å². The fraction of sp³-hybridized carbons (Fsp3) is 0.850. The van der Waals surface area contributed by atoms with Gasteiger partial charge in [0.15, 0.2) is 0 Å². The van der Waals surface area contributed by atoms with E-state index < -0.39 is 51.8 Å². The van der Waals surface area contributed by atoms with Crippen LogP contribution in [-0.2, 0) is 24.4 Å². The summed E-state index contributed by atoms with van der Waals surface area (Å²) in [5.74, 6) is -3.02. The first-order valence-corrected chi connectivity index (χ1v) is 12.7. The highest BCUT2D eigenvalue weighted by Gasteiger charge is 2.49. The minimum absolute atomic E-state index is 0.0407. The molecule has 0 aromatic rings. The molecule has 2 aliphatic heterocycles. The number of imide groups is 1. The minimum atomic E-state index is -4.39. The van der Waals surface area contributed by atoms with Gasteiger partial charge in [0.05, 0.1) is 11.2 Å². The smallest absolute Gasteiger partial charge is 0.330 e. The molecule has 4 aliphatic rings. The van der Waals surface area contributed by atoms with Gasteiger partial charge in [-0.05, 0) is 50.9 Å². The second-order valence-corrected chi connectivity index (χ2v) is 11.5. The van der Waals surface area contributed by atoms with Crippen molar-refractivity contribution in [2.24, 2.45) is 17.8 Å². The quantitative estimate of drug-likeness (QED) is 0.593. The van der Waals surface area contributed by atoms with Crippen molar-refractivity contribution in [1.29, 1.82) is 0 Å². The van der Waals surface area contributed by atoms with E-state index in [4.69, 9.17) is 0 Å². The second-order valence-electron chi connectivity index (χ2n) is 9.52. The molecule has 180 valence electrons. The zero-order valence-corrected chi connectivity index (χ0v) is 18.4. The molecule has 4 fully saturated rings. The Kier molecular flexibility index (Phi) is 6.30. The average Bonchev–Trinajstić information content (AvgIpc) is 3.03. The maximum absolute atomic E-state index is 13.1. The van der Waals surface area contributed by atoms with Crippen LogP contribution in [0.5, 0.6) is 0 Å². The zero-order valence-electron chi connectivity index (χ0n) is 17.6. The Hall–Kier alpha value is -1.69. The molecule has 0 bridgehead atoms. The van der Waals surface area contributed by atoms with Crippen molar-refractivity contribution in [2.45, 2.75) is 81.3 Å². The van der Waals surface area contributed by atoms with Gasteiger partial charge in [0.1, 0.15) is 6.04 Å². The number of nitrogens with zero attached hydrogens (tertiary/aromatic N) is 1. The maximum Gasteiger partial charge on any atom is 0.391 e. The van der Waals surface area contributed by atoms with Gasteiger partial charge in [-0.15, -0.1) is 0 Å². The van der Waals surface area contributed by atoms with Gasteiger partial charge < -0.3 is 4.90 Å². The molecule has 2 N–H and O–H groups in total. The summed E-state index contributed by atoms with van der Waals surface area (Å²) in [5, 5.41) is 1.19. The topological polar surface area (TPSA) is 113 Å². The van der Waals surface area contributed by atoms with E-state index in [0.717, 1.165) is 0 Å². The summed E-state index contributed by atoms with van der Waals surface area (Å²) >= 11 is 0. The molecule has 8 nitrogen and oxygen atoms in total. The van der Waals surface area contributed by atoms with Crippen LogP contribution in [0.1, 0.15) is 57.8 Å². The second kappa shape index (κ2) is 8.58. The van der Waals surface area contributed by atoms with Gasteiger partial charge >= 0.3 is 6.18 Å². The van der Waals surface area contributed by atoms with E-state index >= 15 is 0 Å². The van der Waals surface area contributed by atoms with E-state index in [9.17, 15) is 36.0 Å². The molecule has 2 heterocycles. The van der Waals surface area contributed by atoms with Crippen molar-refractivity contribution >= 4 is 27.7 Å². The molecule has 2 saturated heterocycles. The first kappa shape index (κ1) is 23.5. The maximum atomic E-state index is 13.1. The van der Waals surface area contributed by atoms with Gasteiger partial charge in [0.2, 0.25) is 27.7 Å². The molecule has 6 atom stereocenters. The zero-order chi connectivity index (χ0) is 23.3. The summed E-state index contributed by atoms with van der Waals surface area (Å²) < 4.78 is 67.5. The van der Waals surface area contributed by atoms with Crippen molar-refractivity contribution in [1.82, 2.24) is 14.9 Å². The standard InChI is InChI=1S/C20H28F3N3O5S/c21-20(22,23)12-2-1-3-14(9-12)32(30,31)25-13-4-5-15-11(8-13)10-26(19(15)29)16-6-7-17(27)24-18(16)28/h11-16,25H,1-10H2,(H,24,27,28). The molecule has 0 spiro atoms. The third-order valence-electron chi connectivity index (χ3n) is 7.46. The van der Waals surface area contributed by atoms with Gasteiger partial charge in [-0.1, -0.05) is 6.42 Å². The molecule has 6 unspecified atom stereocenters. The van der Waals surface area contributed by atoms with Crippen LogP contribution in [0.4, 0.5) is 13.2 Å². The van der Waals surface area contributed by atoms with Crippen LogP contribution in [0.25, 0.3) is 0 Å². The first-order chi connectivity index (χ1) is 15.0. The van der Waals surface area contributed by atoms with E-state index in [1.54, 1.807) is 0 Å². The van der Waals surface area contributed by atoms with Crippen LogP contribution in [0.2, 0.25) is 0 Å². The van der Waals surface area contributed by atoms with Crippen LogP contribution in [0.15, 0.2) is 0 Å². The Morgan fingerprint density at radius 2 is 1.75 bits per heavy atom. The van der Waals surface area contributed by atoms with Crippen LogP contribution < -0.4 is 10.0 Å². The molecule has 32 heavy (non-hydrogen) atoms. The number of alkyl halides is 3. The highest BCUT2D eigenvalue weighted by atomic mass is 32.2. The summed E-state index contributed by atoms with van der Waals surface area (Å²) in [6.45, 7) is 0.313. The molecular weight excluding hydrogens is 451 g/mol. The number of nitrogens with one attached hydrogen (secondary N) is 2. The molecule has 0 aromatic carbocycles. The summed E-state index contributed by atoms with van der Waals surface area (Å²) in [6, 6.07) is -1.13. The number of rotatable bonds is 4. The van der Waals surface area contributed by atoms with Crippen molar-refractivity contribution in [3.8, 4) is 0 Å². The summed E-state index contributed by atoms with van der Waals surface area (Å²) in [4.78, 5) is 37.9. The van der Waals surface area contributed by atoms with Crippen LogP contribution in [0.3, 0.4) is 0 Å². The monoisotopic (exact) mass is 479 g/mol. The molecule has 3 amide bonds. The first-order valence-electron chi connectivity index (χ1n) is 11.2. The number of amides is 3. The summed E-state index contributed by atoms with van der Waals surface area (Å²) in [5.41, 5.74) is 0. The SMILES string of the molecule is O=C1CCC(N2CC3CC(NS(=O)(=O)C4CCCC(C(F)(F)F)C4)CCC3C2=O)C(=O)N1. The highest BCUT2D eigenvalue weighted by Crippen LogP contribution is 2.41. The molecule has 0 aromatic heterocycles. The lowest BCUT2D eigenvalue weighted by atomic mass is 9.79. The highest BCUT2D eigenvalue weighted by molar-refractivity contribution is 7.90. The molecular formula is C20H28F3N3O5S. The Labute approximate surface area is 184 Å². The van der Waals surface area contributed by atoms with Gasteiger partial charge in [-0.2, -0.15) is 13.2 Å². The number of hydrogen-bond acceptors (Lipinski definition) is 5. The molecule has 2 aliphatic carbocycles. The Balaban J connectivity index is 1.37. The third-order valence-corrected chi connectivity index (χ3v) is 9.43. The molecule has 0 radical (unpaired) electrons. The number of carbonyl (C=O) groups is 3. The van der Waals surface area contributed by atoms with Gasteiger partial charge in [-0.25, -0.2) is 13.1 Å². The van der Waals surface area contributed by atoms with E-state index in [-0.39, 0.29) is 55.8 Å². The van der Waals surface area contributed by atoms with Crippen molar-refractivity contribution in [3.05, 3.63) is 0 Å². The molecule has 12 heteroatoms. The van der Waals surface area contributed by atoms with Gasteiger partial charge in [0.25, 0.3) is 0 Å². The lowest BCUT2D eigenvalue weighted by Gasteiger charge is -2.34. The third kappa shape index (κ3) is 4.66. The van der Waals surface area contributed by atoms with E-state index in [1.807, 2.05) is 0 Å². The van der Waals surface area contributed by atoms with Crippen molar-refractivity contribution < 1.29 is 36.0 Å². The van der Waals surface area contributed by atoms with E-state index in [2.05, 4.69) is 10.0 Å². The Morgan fingerprint density at radius 1 is 1.00 bits per heavy atom. The fourth-order valence-electron chi connectivity index (χ4n) is 5.77. The molecule has 4 rings (SSSR count). The predicted molar refractivity (Wildman–Crippen MR) is 106 cm³/mol. The number of halogens is 3. The number of carbonyl (C=O) groups excluding carboxylic acids is 3. The van der Waals surface area contributed by atoms with Crippen LogP contribution >= 0.6 is 0 Å². The Bertz CT molecular complexity index is 893. The lowest BCUT2D eigenvalue weighted by molar-refractivity contribution is -0.181. The minimum Gasteiger partial charge on any atom is -0.330 e. The van der Waals surface area contributed by atoms with Gasteiger partial charge in [0, 0.05) is 24.9 Å². The summed E-state index contributed by atoms with van der Waals surface area (Å²) in [7, 11) is -3.92. The van der Waals surface area contributed by atoms with Gasteiger partial charge in [-0.3, -0.25) is 19.7 Å². The van der Waals surface area contributed by atoms with Crippen molar-refractivity contribution in [3.63, 3.8) is 0 Å². The number of sulfonamides is 1. The predicted octanol–water partition coefficient (Wildman–Crippen LogP) is 1.46. The van der Waals surface area contributed by atoms with Crippen molar-refractivity contribution in [2.75, 3.05) is 6.54 Å². The average molecular weight is 480 g/mol. The largest absolute Gasteiger partial charge is 0.391 e. The van der Waals surface area contributed by atoms with Crippen LogP contribution in [-0.4, -0.2) is 61.1 Å². The Morgan fingerprint density at radius 3 is 2.44 bits per heavy atom. The fourth-order valence-corrected chi connectivity index (χ4v) is 7.60. The summed E-state index contributed by atoms with van der Waals surface area (Å²) in [6.07, 6.45) is -2.71. The lowest BCUT2D eigenvalue weighted by Crippen LogP contribution is -2.53. The normalized spacial score (nSPS) is 36.7. The number of fused-ring (bicyclic) bond motifs is 1. The molecule has 2 saturated carbocycles. The number of hydrogen-bond donors (Lipinski definition) is 2. The number of likely N-dealkylation sites (tertiary alicyclic amines) is 1. The van der Waals surface area contributed by atoms with E-state index in [0.29, 0.717) is 25.8 Å². The number of piperidine rings is 1.